The molecule has 23 heavy (non-hydrogen) atoms. The topological polar surface area (TPSA) is 56.8 Å². The van der Waals surface area contributed by atoms with Crippen molar-refractivity contribution in [2.45, 2.75) is 6.92 Å². The van der Waals surface area contributed by atoms with Crippen LogP contribution in [0.2, 0.25) is 5.02 Å². The molecule has 0 spiro atoms. The molecular weight excluding hydrogens is 318 g/mol. The van der Waals surface area contributed by atoms with Gasteiger partial charge in [0, 0.05) is 16.8 Å². The fourth-order valence-corrected chi connectivity index (χ4v) is 2.33. The maximum atomic E-state index is 12.5. The van der Waals surface area contributed by atoms with Gasteiger partial charge in [-0.05, 0) is 36.8 Å². The minimum absolute atomic E-state index is 0.320. The first-order valence-corrected chi connectivity index (χ1v) is 7.25. The van der Waals surface area contributed by atoms with Gasteiger partial charge in [0.05, 0.1) is 26.9 Å². The molecule has 6 heteroatoms. The van der Waals surface area contributed by atoms with Crippen molar-refractivity contribution in [3.05, 3.63) is 46.5 Å². The lowest BCUT2D eigenvalue weighted by molar-refractivity contribution is 0.102. The summed E-state index contributed by atoms with van der Waals surface area (Å²) in [5.41, 5.74) is 1.82. The monoisotopic (exact) mass is 335 g/mol. The van der Waals surface area contributed by atoms with Gasteiger partial charge in [-0.15, -0.1) is 0 Å². The summed E-state index contributed by atoms with van der Waals surface area (Å²) in [4.78, 5) is 12.5. The molecule has 2 aromatic rings. The van der Waals surface area contributed by atoms with Crippen LogP contribution in [-0.4, -0.2) is 27.2 Å². The Morgan fingerprint density at radius 2 is 1.57 bits per heavy atom. The summed E-state index contributed by atoms with van der Waals surface area (Å²) >= 11 is 5.97. The van der Waals surface area contributed by atoms with Gasteiger partial charge >= 0.3 is 0 Å². The highest BCUT2D eigenvalue weighted by Gasteiger charge is 2.16. The van der Waals surface area contributed by atoms with Gasteiger partial charge in [0.15, 0.2) is 11.5 Å². The van der Waals surface area contributed by atoms with E-state index in [0.717, 1.165) is 5.56 Å². The van der Waals surface area contributed by atoms with Crippen LogP contribution in [0.1, 0.15) is 15.9 Å². The van der Waals surface area contributed by atoms with Crippen LogP contribution in [0.3, 0.4) is 0 Å². The third kappa shape index (κ3) is 3.68. The van der Waals surface area contributed by atoms with Crippen molar-refractivity contribution in [3.63, 3.8) is 0 Å². The quantitative estimate of drug-likeness (QED) is 0.899. The molecule has 0 saturated heterocycles. The Balaban J connectivity index is 2.36. The molecule has 0 radical (unpaired) electrons. The van der Waals surface area contributed by atoms with Gasteiger partial charge in [-0.3, -0.25) is 4.79 Å². The van der Waals surface area contributed by atoms with Crippen molar-refractivity contribution in [2.75, 3.05) is 26.6 Å². The highest BCUT2D eigenvalue weighted by Crippen LogP contribution is 2.33. The van der Waals surface area contributed by atoms with Gasteiger partial charge in [-0.2, -0.15) is 0 Å². The second-order valence-corrected chi connectivity index (χ2v) is 5.26. The summed E-state index contributed by atoms with van der Waals surface area (Å²) in [6, 6.07) is 8.39. The maximum Gasteiger partial charge on any atom is 0.259 e. The van der Waals surface area contributed by atoms with Crippen LogP contribution >= 0.6 is 11.6 Å². The number of aryl methyl sites for hydroxylation is 1. The predicted molar refractivity (Wildman–Crippen MR) is 90.2 cm³/mol. The highest BCUT2D eigenvalue weighted by atomic mass is 35.5. The van der Waals surface area contributed by atoms with Crippen LogP contribution in [0.25, 0.3) is 0 Å². The Kier molecular flexibility index (Phi) is 5.34. The summed E-state index contributed by atoms with van der Waals surface area (Å²) in [7, 11) is 4.60. The number of carbonyl (C=O) groups excluding carboxylic acids is 1. The standard InChI is InChI=1S/C17H18ClNO4/c1-10-7-15(22-3)16(23-4)9-13(10)19-17(20)12-8-11(18)5-6-14(12)21-2/h5-9H,1-4H3,(H,19,20). The zero-order valence-corrected chi connectivity index (χ0v) is 14.2. The Hall–Kier alpha value is -2.40. The Morgan fingerprint density at radius 1 is 0.957 bits per heavy atom. The summed E-state index contributed by atoms with van der Waals surface area (Å²) in [5.74, 6) is 1.26. The minimum atomic E-state index is -0.320. The van der Waals surface area contributed by atoms with Gasteiger partial charge in [-0.25, -0.2) is 0 Å². The Bertz CT molecular complexity index is 731. The molecule has 0 unspecified atom stereocenters. The number of benzene rings is 2. The highest BCUT2D eigenvalue weighted by molar-refractivity contribution is 6.31. The number of carbonyl (C=O) groups is 1. The second kappa shape index (κ2) is 7.24. The Morgan fingerprint density at radius 3 is 2.17 bits per heavy atom. The van der Waals surface area contributed by atoms with Gasteiger partial charge in [0.25, 0.3) is 5.91 Å². The van der Waals surface area contributed by atoms with E-state index in [0.29, 0.717) is 33.5 Å². The van der Waals surface area contributed by atoms with E-state index in [2.05, 4.69) is 5.32 Å². The molecule has 0 bridgehead atoms. The number of hydrogen-bond donors (Lipinski definition) is 1. The molecule has 0 aromatic heterocycles. The number of halogens is 1. The number of ether oxygens (including phenoxy) is 3. The number of rotatable bonds is 5. The van der Waals surface area contributed by atoms with E-state index in [1.807, 2.05) is 6.92 Å². The molecule has 0 aliphatic carbocycles. The van der Waals surface area contributed by atoms with Crippen molar-refractivity contribution in [1.29, 1.82) is 0 Å². The lowest BCUT2D eigenvalue weighted by atomic mass is 10.1. The van der Waals surface area contributed by atoms with E-state index < -0.39 is 0 Å². The van der Waals surface area contributed by atoms with Gasteiger partial charge < -0.3 is 19.5 Å². The number of nitrogens with one attached hydrogen (secondary N) is 1. The lowest BCUT2D eigenvalue weighted by Crippen LogP contribution is -2.14. The molecule has 2 aromatic carbocycles. The molecule has 0 aliphatic heterocycles. The number of hydrogen-bond acceptors (Lipinski definition) is 4. The van der Waals surface area contributed by atoms with Crippen molar-refractivity contribution >= 4 is 23.2 Å². The molecule has 2 rings (SSSR count). The second-order valence-electron chi connectivity index (χ2n) is 4.82. The summed E-state index contributed by atoms with van der Waals surface area (Å²) in [6.07, 6.45) is 0. The first-order chi connectivity index (χ1) is 11.0. The molecule has 0 heterocycles. The average Bonchev–Trinajstić information content (AvgIpc) is 2.56. The molecule has 0 atom stereocenters. The first-order valence-electron chi connectivity index (χ1n) is 6.87. The fraction of sp³-hybridized carbons (Fsp3) is 0.235. The minimum Gasteiger partial charge on any atom is -0.496 e. The molecule has 0 fully saturated rings. The van der Waals surface area contributed by atoms with E-state index in [1.165, 1.54) is 7.11 Å². The number of anilines is 1. The normalized spacial score (nSPS) is 10.1. The Labute approximate surface area is 140 Å². The van der Waals surface area contributed by atoms with Crippen molar-refractivity contribution in [2.24, 2.45) is 0 Å². The molecule has 1 N–H and O–H groups in total. The van der Waals surface area contributed by atoms with Crippen LogP contribution in [0.4, 0.5) is 5.69 Å². The van der Waals surface area contributed by atoms with E-state index in [1.54, 1.807) is 44.6 Å². The van der Waals surface area contributed by atoms with E-state index in [4.69, 9.17) is 25.8 Å². The van der Waals surface area contributed by atoms with E-state index in [9.17, 15) is 4.79 Å². The number of amides is 1. The smallest absolute Gasteiger partial charge is 0.259 e. The molecule has 5 nitrogen and oxygen atoms in total. The number of methoxy groups -OCH3 is 3. The van der Waals surface area contributed by atoms with Gasteiger partial charge in [0.2, 0.25) is 0 Å². The molecule has 1 amide bonds. The van der Waals surface area contributed by atoms with Crippen LogP contribution in [0, 0.1) is 6.92 Å². The summed E-state index contributed by atoms with van der Waals surface area (Å²) in [5, 5.41) is 3.30. The van der Waals surface area contributed by atoms with Crippen LogP contribution in [-0.2, 0) is 0 Å². The SMILES string of the molecule is COc1cc(C)c(NC(=O)c2cc(Cl)ccc2OC)cc1OC. The van der Waals surface area contributed by atoms with E-state index >= 15 is 0 Å². The molecule has 0 saturated carbocycles. The predicted octanol–water partition coefficient (Wildman–Crippen LogP) is 3.93. The lowest BCUT2D eigenvalue weighted by Gasteiger charge is -2.14. The zero-order valence-electron chi connectivity index (χ0n) is 13.4. The van der Waals surface area contributed by atoms with Crippen LogP contribution in [0.5, 0.6) is 17.2 Å². The fourth-order valence-electron chi connectivity index (χ4n) is 2.16. The van der Waals surface area contributed by atoms with Crippen LogP contribution in [0.15, 0.2) is 30.3 Å². The van der Waals surface area contributed by atoms with E-state index in [-0.39, 0.29) is 5.91 Å². The van der Waals surface area contributed by atoms with Crippen LogP contribution < -0.4 is 19.5 Å². The van der Waals surface area contributed by atoms with Gasteiger partial charge in [0.1, 0.15) is 5.75 Å². The van der Waals surface area contributed by atoms with Crippen molar-refractivity contribution in [3.8, 4) is 17.2 Å². The molecular formula is C17H18ClNO4. The van der Waals surface area contributed by atoms with Gasteiger partial charge in [-0.1, -0.05) is 11.6 Å². The molecule has 0 aliphatic rings. The summed E-state index contributed by atoms with van der Waals surface area (Å²) in [6.45, 7) is 1.87. The third-order valence-corrected chi connectivity index (χ3v) is 3.62. The third-order valence-electron chi connectivity index (χ3n) is 3.38. The average molecular weight is 336 g/mol. The largest absolute Gasteiger partial charge is 0.496 e. The molecule has 122 valence electrons. The maximum absolute atomic E-state index is 12.5. The van der Waals surface area contributed by atoms with Crippen molar-refractivity contribution < 1.29 is 19.0 Å². The van der Waals surface area contributed by atoms with Crippen molar-refractivity contribution in [1.82, 2.24) is 0 Å². The zero-order chi connectivity index (χ0) is 17.0. The first kappa shape index (κ1) is 17.0. The summed E-state index contributed by atoms with van der Waals surface area (Å²) < 4.78 is 15.7.